The van der Waals surface area contributed by atoms with E-state index in [2.05, 4.69) is 6.92 Å². The van der Waals surface area contributed by atoms with E-state index in [-0.39, 0.29) is 11.3 Å². The first-order chi connectivity index (χ1) is 5.06. The summed E-state index contributed by atoms with van der Waals surface area (Å²) in [6.07, 6.45) is 2.12. The summed E-state index contributed by atoms with van der Waals surface area (Å²) in [5.41, 5.74) is 0.342. The van der Waals surface area contributed by atoms with Gasteiger partial charge in [-0.2, -0.15) is 0 Å². The van der Waals surface area contributed by atoms with Crippen molar-refractivity contribution in [3.8, 4) is 0 Å². The smallest absolute Gasteiger partial charge is 0.252 e. The molecule has 0 atom stereocenters. The number of rotatable bonds is 2. The van der Waals surface area contributed by atoms with Gasteiger partial charge in [-0.15, -0.1) is 0 Å². The molecule has 1 amide bonds. The molecule has 2 aliphatic rings. The molecule has 2 saturated carbocycles. The van der Waals surface area contributed by atoms with E-state index in [1.807, 2.05) is 0 Å². The van der Waals surface area contributed by atoms with Crippen LogP contribution >= 0.6 is 0 Å². The van der Waals surface area contributed by atoms with Gasteiger partial charge >= 0.3 is 0 Å². The fourth-order valence-electron chi connectivity index (χ4n) is 1.99. The van der Waals surface area contributed by atoms with Crippen LogP contribution in [-0.2, 0) is 9.63 Å². The lowest BCUT2D eigenvalue weighted by Gasteiger charge is -2.14. The average molecular weight is 155 g/mol. The third kappa shape index (κ3) is 0.644. The summed E-state index contributed by atoms with van der Waals surface area (Å²) in [5.74, 6) is 0.155. The molecule has 11 heavy (non-hydrogen) atoms. The summed E-state index contributed by atoms with van der Waals surface area (Å²) in [5, 5.41) is 1.35. The largest absolute Gasteiger partial charge is 0.275 e. The number of fused-ring (bicyclic) bond motifs is 1. The Bertz CT molecular complexity index is 218. The van der Waals surface area contributed by atoms with Crippen LogP contribution in [0, 0.1) is 10.8 Å². The highest BCUT2D eigenvalue weighted by Gasteiger charge is 2.84. The van der Waals surface area contributed by atoms with Crippen LogP contribution in [0.25, 0.3) is 0 Å². The fraction of sp³-hybridized carbons (Fsp3) is 0.875. The van der Waals surface area contributed by atoms with Gasteiger partial charge in [0.05, 0.1) is 12.5 Å². The Kier molecular flexibility index (Phi) is 1.04. The Hall–Kier alpha value is -0.570. The Morgan fingerprint density at radius 3 is 2.27 bits per heavy atom. The molecule has 0 aromatic carbocycles. The van der Waals surface area contributed by atoms with Gasteiger partial charge in [-0.25, -0.2) is 5.06 Å². The quantitative estimate of drug-likeness (QED) is 0.552. The van der Waals surface area contributed by atoms with E-state index in [0.29, 0.717) is 5.41 Å². The van der Waals surface area contributed by atoms with E-state index in [1.165, 1.54) is 12.2 Å². The van der Waals surface area contributed by atoms with Gasteiger partial charge in [0.15, 0.2) is 0 Å². The van der Waals surface area contributed by atoms with Gasteiger partial charge in [0.1, 0.15) is 0 Å². The lowest BCUT2D eigenvalue weighted by atomic mass is 10.2. The van der Waals surface area contributed by atoms with E-state index < -0.39 is 0 Å². The highest BCUT2D eigenvalue weighted by atomic mass is 16.7. The van der Waals surface area contributed by atoms with Gasteiger partial charge in [0.2, 0.25) is 0 Å². The van der Waals surface area contributed by atoms with Crippen molar-refractivity contribution in [2.75, 3.05) is 14.2 Å². The van der Waals surface area contributed by atoms with Gasteiger partial charge in [0, 0.05) is 7.05 Å². The van der Waals surface area contributed by atoms with Gasteiger partial charge in [0.25, 0.3) is 5.91 Å². The molecule has 62 valence electrons. The van der Waals surface area contributed by atoms with E-state index >= 15 is 0 Å². The number of hydrogen-bond donors (Lipinski definition) is 0. The Labute approximate surface area is 66.3 Å². The van der Waals surface area contributed by atoms with Crippen LogP contribution in [0.4, 0.5) is 0 Å². The van der Waals surface area contributed by atoms with E-state index in [9.17, 15) is 4.79 Å². The molecule has 0 radical (unpaired) electrons. The second-order valence-corrected chi connectivity index (χ2v) is 3.98. The number of amides is 1. The maximum atomic E-state index is 11.5. The molecule has 0 bridgehead atoms. The lowest BCUT2D eigenvalue weighted by Crippen LogP contribution is -2.29. The zero-order valence-electron chi connectivity index (χ0n) is 7.18. The monoisotopic (exact) mass is 155 g/mol. The predicted octanol–water partition coefficient (Wildman–Crippen LogP) is 0.806. The minimum absolute atomic E-state index is 0.00222. The SMILES string of the molecule is CON(C)C(=O)C12CC1(C)C2. The molecule has 0 saturated heterocycles. The number of carbonyl (C=O) groups is 1. The van der Waals surface area contributed by atoms with Gasteiger partial charge in [-0.3, -0.25) is 9.63 Å². The molecule has 0 aromatic heterocycles. The Morgan fingerprint density at radius 2 is 2.00 bits per heavy atom. The lowest BCUT2D eigenvalue weighted by molar-refractivity contribution is -0.172. The van der Waals surface area contributed by atoms with Crippen LogP contribution in [0.15, 0.2) is 0 Å². The van der Waals surface area contributed by atoms with E-state index in [4.69, 9.17) is 4.84 Å². The first-order valence-corrected chi connectivity index (χ1v) is 3.88. The molecular formula is C8H13NO2. The zero-order valence-corrected chi connectivity index (χ0v) is 7.18. The highest BCUT2D eigenvalue weighted by molar-refractivity contribution is 5.90. The summed E-state index contributed by atoms with van der Waals surface area (Å²) < 4.78 is 0. The summed E-state index contributed by atoms with van der Waals surface area (Å²) in [4.78, 5) is 16.3. The first kappa shape index (κ1) is 7.10. The van der Waals surface area contributed by atoms with Crippen LogP contribution in [0.5, 0.6) is 0 Å². The second-order valence-electron chi connectivity index (χ2n) is 3.98. The topological polar surface area (TPSA) is 29.5 Å². The maximum Gasteiger partial charge on any atom is 0.252 e. The van der Waals surface area contributed by atoms with Crippen molar-refractivity contribution in [3.63, 3.8) is 0 Å². The van der Waals surface area contributed by atoms with Gasteiger partial charge in [-0.05, 0) is 18.3 Å². The van der Waals surface area contributed by atoms with Crippen molar-refractivity contribution >= 4 is 5.91 Å². The van der Waals surface area contributed by atoms with Crippen LogP contribution in [0.2, 0.25) is 0 Å². The molecule has 0 aliphatic heterocycles. The zero-order chi connectivity index (χ0) is 8.28. The molecule has 0 aromatic rings. The van der Waals surface area contributed by atoms with Crippen molar-refractivity contribution in [3.05, 3.63) is 0 Å². The fourth-order valence-corrected chi connectivity index (χ4v) is 1.99. The third-order valence-corrected chi connectivity index (χ3v) is 3.26. The van der Waals surface area contributed by atoms with E-state index in [0.717, 1.165) is 12.8 Å². The van der Waals surface area contributed by atoms with Crippen molar-refractivity contribution in [2.45, 2.75) is 19.8 Å². The number of nitrogens with zero attached hydrogens (tertiary/aromatic N) is 1. The second kappa shape index (κ2) is 1.61. The summed E-state index contributed by atoms with van der Waals surface area (Å²) in [6.45, 7) is 2.16. The summed E-state index contributed by atoms with van der Waals surface area (Å²) in [6, 6.07) is 0. The average Bonchev–Trinajstić information content (AvgIpc) is 2.70. The molecule has 0 heterocycles. The minimum Gasteiger partial charge on any atom is -0.275 e. The molecule has 0 spiro atoms. The molecule has 3 heteroatoms. The molecule has 2 fully saturated rings. The minimum atomic E-state index is -0.00222. The standard InChI is InChI=1S/C8H13NO2/c1-7-4-8(7,5-7)6(10)9(2)11-3/h4-5H2,1-3H3. The number of hydrogen-bond acceptors (Lipinski definition) is 2. The number of hydroxylamine groups is 2. The van der Waals surface area contributed by atoms with Crippen LogP contribution in [0.1, 0.15) is 19.8 Å². The van der Waals surface area contributed by atoms with Gasteiger partial charge < -0.3 is 0 Å². The van der Waals surface area contributed by atoms with E-state index in [1.54, 1.807) is 7.05 Å². The van der Waals surface area contributed by atoms with Gasteiger partial charge in [-0.1, -0.05) is 6.92 Å². The number of carbonyl (C=O) groups excluding carboxylic acids is 1. The Morgan fingerprint density at radius 1 is 1.55 bits per heavy atom. The Balaban J connectivity index is 2.03. The van der Waals surface area contributed by atoms with Crippen LogP contribution < -0.4 is 0 Å². The van der Waals surface area contributed by atoms with Crippen LogP contribution in [0.3, 0.4) is 0 Å². The van der Waals surface area contributed by atoms with Crippen molar-refractivity contribution < 1.29 is 9.63 Å². The highest BCUT2D eigenvalue weighted by Crippen LogP contribution is 2.86. The molecule has 2 rings (SSSR count). The van der Waals surface area contributed by atoms with Crippen molar-refractivity contribution in [1.82, 2.24) is 5.06 Å². The summed E-state index contributed by atoms with van der Waals surface area (Å²) >= 11 is 0. The van der Waals surface area contributed by atoms with Crippen molar-refractivity contribution in [1.29, 1.82) is 0 Å². The summed E-state index contributed by atoms with van der Waals surface area (Å²) in [7, 11) is 3.20. The van der Waals surface area contributed by atoms with Crippen molar-refractivity contribution in [2.24, 2.45) is 10.8 Å². The molecule has 3 nitrogen and oxygen atoms in total. The van der Waals surface area contributed by atoms with Crippen LogP contribution in [-0.4, -0.2) is 25.1 Å². The third-order valence-electron chi connectivity index (χ3n) is 3.26. The normalized spacial score (nSPS) is 44.6. The first-order valence-electron chi connectivity index (χ1n) is 3.88. The predicted molar refractivity (Wildman–Crippen MR) is 39.6 cm³/mol. The maximum absolute atomic E-state index is 11.5. The molecule has 2 aliphatic carbocycles. The molecule has 0 N–H and O–H groups in total. The molecular weight excluding hydrogens is 142 g/mol. The molecule has 0 unspecified atom stereocenters.